The highest BCUT2D eigenvalue weighted by molar-refractivity contribution is 5.84. The Morgan fingerprint density at radius 3 is 2.05 bits per heavy atom. The summed E-state index contributed by atoms with van der Waals surface area (Å²) in [6.45, 7) is 1.46. The molecule has 0 aliphatic heterocycles. The molecule has 0 fully saturated rings. The van der Waals surface area contributed by atoms with Gasteiger partial charge < -0.3 is 21.3 Å². The summed E-state index contributed by atoms with van der Waals surface area (Å²) in [5.41, 5.74) is 4.89. The quantitative estimate of drug-likeness (QED) is 0.438. The van der Waals surface area contributed by atoms with Crippen LogP contribution in [-0.4, -0.2) is 40.0 Å². The topological polar surface area (TPSA) is 147 Å². The first-order chi connectivity index (χ1) is 8.73. The van der Waals surface area contributed by atoms with Crippen LogP contribution in [-0.2, 0) is 19.2 Å². The third-order valence-corrected chi connectivity index (χ3v) is 2.54. The van der Waals surface area contributed by atoms with E-state index in [4.69, 9.17) is 15.9 Å². The number of amides is 2. The molecular weight excluding hydrogens is 256 g/mol. The van der Waals surface area contributed by atoms with Gasteiger partial charge >= 0.3 is 11.9 Å². The second-order valence-corrected chi connectivity index (χ2v) is 4.24. The van der Waals surface area contributed by atoms with E-state index >= 15 is 0 Å². The minimum atomic E-state index is -1.26. The minimum absolute atomic E-state index is 0.0895. The number of nitrogens with one attached hydrogen (secondary N) is 1. The van der Waals surface area contributed by atoms with Gasteiger partial charge in [-0.2, -0.15) is 0 Å². The maximum absolute atomic E-state index is 11.4. The molecule has 0 aromatic carbocycles. The van der Waals surface area contributed by atoms with Crippen LogP contribution in [0, 0.1) is 5.92 Å². The molecule has 0 aliphatic carbocycles. The second-order valence-electron chi connectivity index (χ2n) is 4.24. The predicted octanol–water partition coefficient (Wildman–Crippen LogP) is -0.678. The Bertz CT molecular complexity index is 368. The molecule has 2 atom stereocenters. The lowest BCUT2D eigenvalue weighted by Gasteiger charge is -2.14. The molecule has 108 valence electrons. The molecule has 0 rings (SSSR count). The SMILES string of the molecule is C[C@@H](CCC(=O)N[C@@H](CCC(N)=O)C(=O)O)C(=O)O. The zero-order valence-electron chi connectivity index (χ0n) is 10.6. The van der Waals surface area contributed by atoms with Crippen molar-refractivity contribution in [1.82, 2.24) is 5.32 Å². The van der Waals surface area contributed by atoms with Crippen molar-refractivity contribution in [2.45, 2.75) is 38.6 Å². The first kappa shape index (κ1) is 16.9. The number of primary amides is 1. The highest BCUT2D eigenvalue weighted by Gasteiger charge is 2.21. The summed E-state index contributed by atoms with van der Waals surface area (Å²) in [5.74, 6) is -4.18. The number of carboxylic acid groups (broad SMARTS) is 2. The number of carboxylic acids is 2. The number of hydrogen-bond acceptors (Lipinski definition) is 4. The molecule has 8 heteroatoms. The van der Waals surface area contributed by atoms with Gasteiger partial charge in [-0.25, -0.2) is 4.79 Å². The molecule has 0 aromatic heterocycles. The van der Waals surface area contributed by atoms with Crippen LogP contribution in [0.3, 0.4) is 0 Å². The van der Waals surface area contributed by atoms with Crippen LogP contribution in [0.4, 0.5) is 0 Å². The molecule has 0 heterocycles. The number of nitrogens with two attached hydrogens (primary N) is 1. The van der Waals surface area contributed by atoms with Crippen molar-refractivity contribution in [3.63, 3.8) is 0 Å². The molecule has 0 aliphatic rings. The first-order valence-corrected chi connectivity index (χ1v) is 5.77. The van der Waals surface area contributed by atoms with Gasteiger partial charge in [0.05, 0.1) is 5.92 Å². The highest BCUT2D eigenvalue weighted by Crippen LogP contribution is 2.06. The Kier molecular flexibility index (Phi) is 7.16. The van der Waals surface area contributed by atoms with E-state index in [0.717, 1.165) is 0 Å². The van der Waals surface area contributed by atoms with Crippen molar-refractivity contribution in [3.05, 3.63) is 0 Å². The molecule has 0 saturated carbocycles. The monoisotopic (exact) mass is 274 g/mol. The van der Waals surface area contributed by atoms with Gasteiger partial charge in [-0.1, -0.05) is 6.92 Å². The Hall–Kier alpha value is -2.12. The van der Waals surface area contributed by atoms with Gasteiger partial charge in [0.1, 0.15) is 6.04 Å². The van der Waals surface area contributed by atoms with Crippen molar-refractivity contribution in [3.8, 4) is 0 Å². The molecule has 0 radical (unpaired) electrons. The van der Waals surface area contributed by atoms with E-state index in [1.807, 2.05) is 0 Å². The number of aliphatic carboxylic acids is 2. The third-order valence-electron chi connectivity index (χ3n) is 2.54. The summed E-state index contributed by atoms with van der Waals surface area (Å²) in [4.78, 5) is 43.4. The molecule has 2 amide bonds. The normalized spacial score (nSPS) is 13.3. The smallest absolute Gasteiger partial charge is 0.326 e. The Labute approximate surface area is 110 Å². The predicted molar refractivity (Wildman–Crippen MR) is 64.0 cm³/mol. The van der Waals surface area contributed by atoms with E-state index in [2.05, 4.69) is 5.32 Å². The summed E-state index contributed by atoms with van der Waals surface area (Å²) >= 11 is 0. The number of rotatable bonds is 9. The molecule has 0 bridgehead atoms. The highest BCUT2D eigenvalue weighted by atomic mass is 16.4. The Morgan fingerprint density at radius 1 is 1.05 bits per heavy atom. The maximum atomic E-state index is 11.4. The fraction of sp³-hybridized carbons (Fsp3) is 0.636. The van der Waals surface area contributed by atoms with Gasteiger partial charge in [-0.15, -0.1) is 0 Å². The van der Waals surface area contributed by atoms with Crippen LogP contribution in [0.5, 0.6) is 0 Å². The van der Waals surface area contributed by atoms with E-state index in [-0.39, 0.29) is 25.7 Å². The molecule has 8 nitrogen and oxygen atoms in total. The zero-order chi connectivity index (χ0) is 15.0. The van der Waals surface area contributed by atoms with Crippen LogP contribution in [0.25, 0.3) is 0 Å². The van der Waals surface area contributed by atoms with Crippen molar-refractivity contribution < 1.29 is 29.4 Å². The lowest BCUT2D eigenvalue weighted by molar-refractivity contribution is -0.143. The molecule has 5 N–H and O–H groups in total. The van der Waals surface area contributed by atoms with E-state index in [9.17, 15) is 19.2 Å². The van der Waals surface area contributed by atoms with Crippen LogP contribution in [0.2, 0.25) is 0 Å². The van der Waals surface area contributed by atoms with E-state index in [1.165, 1.54) is 6.92 Å². The number of carbonyl (C=O) groups is 4. The fourth-order valence-electron chi connectivity index (χ4n) is 1.28. The average molecular weight is 274 g/mol. The van der Waals surface area contributed by atoms with Crippen molar-refractivity contribution in [1.29, 1.82) is 0 Å². The standard InChI is InChI=1S/C11H18N2O6/c1-6(10(16)17)2-5-9(15)13-7(11(18)19)3-4-8(12)14/h6-7H,2-5H2,1H3,(H2,12,14)(H,13,15)(H,16,17)(H,18,19)/t6-,7-/m0/s1. The molecule has 0 spiro atoms. The van der Waals surface area contributed by atoms with Gasteiger partial charge in [0, 0.05) is 12.8 Å². The molecule has 0 aromatic rings. The second kappa shape index (κ2) is 8.06. The van der Waals surface area contributed by atoms with Crippen LogP contribution >= 0.6 is 0 Å². The Balaban J connectivity index is 4.20. The molecule has 0 saturated heterocycles. The summed E-state index contributed by atoms with van der Waals surface area (Å²) in [5, 5.41) is 19.7. The van der Waals surface area contributed by atoms with Crippen molar-refractivity contribution >= 4 is 23.8 Å². The van der Waals surface area contributed by atoms with Gasteiger partial charge in [0.15, 0.2) is 0 Å². The summed E-state index contributed by atoms with van der Waals surface area (Å²) < 4.78 is 0. The van der Waals surface area contributed by atoms with E-state index < -0.39 is 35.7 Å². The van der Waals surface area contributed by atoms with Crippen molar-refractivity contribution in [2.24, 2.45) is 11.7 Å². The largest absolute Gasteiger partial charge is 0.481 e. The third kappa shape index (κ3) is 7.74. The number of hydrogen-bond donors (Lipinski definition) is 4. The number of carbonyl (C=O) groups excluding carboxylic acids is 2. The summed E-state index contributed by atoms with van der Waals surface area (Å²) in [6, 6.07) is -1.19. The van der Waals surface area contributed by atoms with Gasteiger partial charge in [0.2, 0.25) is 11.8 Å². The van der Waals surface area contributed by atoms with Gasteiger partial charge in [-0.3, -0.25) is 14.4 Å². The summed E-state index contributed by atoms with van der Waals surface area (Å²) in [6.07, 6.45) is -0.217. The van der Waals surface area contributed by atoms with Crippen LogP contribution in [0.15, 0.2) is 0 Å². The average Bonchev–Trinajstić information content (AvgIpc) is 2.30. The van der Waals surface area contributed by atoms with Crippen LogP contribution in [0.1, 0.15) is 32.6 Å². The molecule has 19 heavy (non-hydrogen) atoms. The van der Waals surface area contributed by atoms with Gasteiger partial charge in [-0.05, 0) is 12.8 Å². The molecular formula is C11H18N2O6. The lowest BCUT2D eigenvalue weighted by atomic mass is 10.1. The minimum Gasteiger partial charge on any atom is -0.481 e. The van der Waals surface area contributed by atoms with E-state index in [0.29, 0.717) is 0 Å². The summed E-state index contributed by atoms with van der Waals surface area (Å²) in [7, 11) is 0. The molecule has 0 unspecified atom stereocenters. The van der Waals surface area contributed by atoms with E-state index in [1.54, 1.807) is 0 Å². The maximum Gasteiger partial charge on any atom is 0.326 e. The first-order valence-electron chi connectivity index (χ1n) is 5.77. The Morgan fingerprint density at radius 2 is 1.63 bits per heavy atom. The fourth-order valence-corrected chi connectivity index (χ4v) is 1.28. The van der Waals surface area contributed by atoms with Gasteiger partial charge in [0.25, 0.3) is 0 Å². The lowest BCUT2D eigenvalue weighted by Crippen LogP contribution is -2.41. The zero-order valence-corrected chi connectivity index (χ0v) is 10.6. The van der Waals surface area contributed by atoms with Crippen LogP contribution < -0.4 is 11.1 Å². The van der Waals surface area contributed by atoms with Crippen molar-refractivity contribution in [2.75, 3.05) is 0 Å².